The number of allylic oxidation sites excluding steroid dienone is 2. The maximum Gasteiger partial charge on any atom is 0.0857 e. The highest BCUT2D eigenvalue weighted by molar-refractivity contribution is 5.15. The summed E-state index contributed by atoms with van der Waals surface area (Å²) in [6, 6.07) is 0. The average molecular weight is 465 g/mol. The van der Waals surface area contributed by atoms with Crippen LogP contribution in [0.3, 0.4) is 0 Å². The van der Waals surface area contributed by atoms with Gasteiger partial charge in [0.1, 0.15) is 0 Å². The molecule has 0 heterocycles. The van der Waals surface area contributed by atoms with Gasteiger partial charge in [0, 0.05) is 12.5 Å². The van der Waals surface area contributed by atoms with Crippen molar-refractivity contribution in [3.05, 3.63) is 12.2 Å². The Morgan fingerprint density at radius 3 is 2.12 bits per heavy atom. The van der Waals surface area contributed by atoms with Crippen molar-refractivity contribution in [2.45, 2.75) is 97.6 Å². The van der Waals surface area contributed by atoms with E-state index in [-0.39, 0.29) is 47.2 Å². The molecule has 0 bridgehead atoms. The third-order valence-corrected chi connectivity index (χ3v) is 11.3. The SMILES string of the molecule is C[C@H](/C=C/[C@@H](C)[C@H]1C[C@@H](O)[C@H]2[C@@H]3C[C@H](O)[C@H]4[C@@H](O)[C@@H](O)CC[C@]4(C)[C@H]3CC[C@@]21C)[C@H](C)CO. The van der Waals surface area contributed by atoms with E-state index < -0.39 is 18.3 Å². The lowest BCUT2D eigenvalue weighted by atomic mass is 9.43. The fourth-order valence-electron chi connectivity index (χ4n) is 9.16. The summed E-state index contributed by atoms with van der Waals surface area (Å²) in [6.45, 7) is 11.3. The molecular weight excluding hydrogens is 416 g/mol. The van der Waals surface area contributed by atoms with E-state index in [0.717, 1.165) is 25.7 Å². The molecule has 4 fully saturated rings. The lowest BCUT2D eigenvalue weighted by molar-refractivity contribution is -0.217. The molecule has 0 aromatic rings. The van der Waals surface area contributed by atoms with Gasteiger partial charge in [-0.1, -0.05) is 46.8 Å². The molecule has 0 aliphatic heterocycles. The summed E-state index contributed by atoms with van der Waals surface area (Å²) in [7, 11) is 0. The highest BCUT2D eigenvalue weighted by Gasteiger charge is 2.65. The lowest BCUT2D eigenvalue weighted by Crippen LogP contribution is -2.63. The highest BCUT2D eigenvalue weighted by atomic mass is 16.3. The van der Waals surface area contributed by atoms with E-state index in [0.29, 0.717) is 36.5 Å². The number of aliphatic hydroxyl groups is 5. The van der Waals surface area contributed by atoms with Crippen LogP contribution in [0.4, 0.5) is 0 Å². The van der Waals surface area contributed by atoms with E-state index in [1.807, 2.05) is 0 Å². The van der Waals surface area contributed by atoms with Gasteiger partial charge in [0.2, 0.25) is 0 Å². The molecule has 0 spiro atoms. The van der Waals surface area contributed by atoms with Crippen molar-refractivity contribution < 1.29 is 25.5 Å². The molecule has 0 aromatic carbocycles. The number of fused-ring (bicyclic) bond motifs is 5. The zero-order valence-electron chi connectivity index (χ0n) is 21.3. The third-order valence-electron chi connectivity index (χ3n) is 11.3. The summed E-state index contributed by atoms with van der Waals surface area (Å²) in [5.74, 6) is 1.82. The fourth-order valence-corrected chi connectivity index (χ4v) is 9.16. The Balaban J connectivity index is 1.57. The first-order chi connectivity index (χ1) is 15.5. The van der Waals surface area contributed by atoms with Crippen LogP contribution in [-0.2, 0) is 0 Å². The first-order valence-corrected chi connectivity index (χ1v) is 13.5. The number of rotatable bonds is 5. The van der Waals surface area contributed by atoms with Crippen LogP contribution < -0.4 is 0 Å². The zero-order chi connectivity index (χ0) is 24.3. The first kappa shape index (κ1) is 25.6. The fraction of sp³-hybridized carbons (Fsp3) is 0.929. The third kappa shape index (κ3) is 4.04. The minimum atomic E-state index is -0.859. The first-order valence-electron chi connectivity index (χ1n) is 13.5. The second kappa shape index (κ2) is 9.20. The summed E-state index contributed by atoms with van der Waals surface area (Å²) in [6.07, 6.45) is 6.93. The predicted octanol–water partition coefficient (Wildman–Crippen LogP) is 3.38. The summed E-state index contributed by atoms with van der Waals surface area (Å²) in [5, 5.41) is 53.1. The average Bonchev–Trinajstić information content (AvgIpc) is 3.04. The Kier molecular flexibility index (Phi) is 7.15. The Bertz CT molecular complexity index is 725. The Morgan fingerprint density at radius 2 is 1.45 bits per heavy atom. The monoisotopic (exact) mass is 464 g/mol. The standard InChI is InChI=1S/C28H48O5/c1-15(17(3)14-29)6-7-16(2)20-13-23(32)24-18-12-22(31)25-26(33)21(30)9-11-27(25,4)19(18)8-10-28(20,24)5/h6-7,15-26,29-33H,8-14H2,1-5H3/b7-6+/t15-,16-,17-,18-,19+,20-,21+,22+,23-,24-,25+,26+,27-,28-/m1/s1. The van der Waals surface area contributed by atoms with Crippen molar-refractivity contribution >= 4 is 0 Å². The Hall–Kier alpha value is -0.460. The van der Waals surface area contributed by atoms with Crippen LogP contribution in [0, 0.1) is 58.2 Å². The summed E-state index contributed by atoms with van der Waals surface area (Å²) >= 11 is 0. The van der Waals surface area contributed by atoms with Crippen molar-refractivity contribution in [2.24, 2.45) is 58.2 Å². The number of hydrogen-bond donors (Lipinski definition) is 5. The maximum absolute atomic E-state index is 11.4. The molecule has 5 nitrogen and oxygen atoms in total. The number of aliphatic hydroxyl groups excluding tert-OH is 5. The normalized spacial score (nSPS) is 52.6. The minimum absolute atomic E-state index is 0.0336. The molecule has 0 radical (unpaired) electrons. The maximum atomic E-state index is 11.4. The molecule has 0 amide bonds. The van der Waals surface area contributed by atoms with Gasteiger partial charge in [0.15, 0.2) is 0 Å². The van der Waals surface area contributed by atoms with Gasteiger partial charge in [0.05, 0.1) is 24.4 Å². The molecule has 4 aliphatic rings. The van der Waals surface area contributed by atoms with Gasteiger partial charge in [0.25, 0.3) is 0 Å². The van der Waals surface area contributed by atoms with Gasteiger partial charge >= 0.3 is 0 Å². The molecule has 5 heteroatoms. The highest BCUT2D eigenvalue weighted by Crippen LogP contribution is 2.68. The van der Waals surface area contributed by atoms with Crippen LogP contribution >= 0.6 is 0 Å². The van der Waals surface area contributed by atoms with Crippen molar-refractivity contribution in [1.29, 1.82) is 0 Å². The quantitative estimate of drug-likeness (QED) is 0.402. The van der Waals surface area contributed by atoms with Crippen molar-refractivity contribution in [1.82, 2.24) is 0 Å². The molecule has 0 saturated heterocycles. The summed E-state index contributed by atoms with van der Waals surface area (Å²) in [5.41, 5.74) is -0.159. The Morgan fingerprint density at radius 1 is 0.818 bits per heavy atom. The molecule has 190 valence electrons. The number of hydrogen-bond acceptors (Lipinski definition) is 5. The van der Waals surface area contributed by atoms with Gasteiger partial charge in [-0.15, -0.1) is 0 Å². The second-order valence-electron chi connectivity index (χ2n) is 12.9. The smallest absolute Gasteiger partial charge is 0.0857 e. The van der Waals surface area contributed by atoms with E-state index in [1.165, 1.54) is 0 Å². The molecule has 14 atom stereocenters. The summed E-state index contributed by atoms with van der Waals surface area (Å²) in [4.78, 5) is 0. The second-order valence-corrected chi connectivity index (χ2v) is 12.9. The van der Waals surface area contributed by atoms with Gasteiger partial charge in [-0.3, -0.25) is 0 Å². The largest absolute Gasteiger partial charge is 0.396 e. The van der Waals surface area contributed by atoms with Crippen molar-refractivity contribution in [3.63, 3.8) is 0 Å². The van der Waals surface area contributed by atoms with Crippen LogP contribution in [0.5, 0.6) is 0 Å². The van der Waals surface area contributed by atoms with E-state index in [4.69, 9.17) is 0 Å². The minimum Gasteiger partial charge on any atom is -0.396 e. The van der Waals surface area contributed by atoms with Crippen LogP contribution in [0.2, 0.25) is 0 Å². The van der Waals surface area contributed by atoms with Crippen LogP contribution in [0.25, 0.3) is 0 Å². The molecule has 0 aromatic heterocycles. The van der Waals surface area contributed by atoms with Crippen molar-refractivity contribution in [3.8, 4) is 0 Å². The van der Waals surface area contributed by atoms with Gasteiger partial charge in [-0.2, -0.15) is 0 Å². The zero-order valence-corrected chi connectivity index (χ0v) is 21.3. The van der Waals surface area contributed by atoms with E-state index in [9.17, 15) is 25.5 Å². The van der Waals surface area contributed by atoms with E-state index >= 15 is 0 Å². The van der Waals surface area contributed by atoms with Crippen molar-refractivity contribution in [2.75, 3.05) is 6.61 Å². The van der Waals surface area contributed by atoms with E-state index in [1.54, 1.807) is 0 Å². The lowest BCUT2D eigenvalue weighted by Gasteiger charge is -2.63. The van der Waals surface area contributed by atoms with Gasteiger partial charge < -0.3 is 25.5 Å². The van der Waals surface area contributed by atoms with Crippen LogP contribution in [0.1, 0.15) is 73.1 Å². The molecule has 5 N–H and O–H groups in total. The topological polar surface area (TPSA) is 101 Å². The van der Waals surface area contributed by atoms with Crippen LogP contribution in [-0.4, -0.2) is 56.6 Å². The molecule has 33 heavy (non-hydrogen) atoms. The van der Waals surface area contributed by atoms with Crippen LogP contribution in [0.15, 0.2) is 12.2 Å². The molecular formula is C28H48O5. The molecule has 0 unspecified atom stereocenters. The van der Waals surface area contributed by atoms with E-state index in [2.05, 4.69) is 46.8 Å². The van der Waals surface area contributed by atoms with Gasteiger partial charge in [-0.25, -0.2) is 0 Å². The predicted molar refractivity (Wildman–Crippen MR) is 129 cm³/mol. The van der Waals surface area contributed by atoms with Gasteiger partial charge in [-0.05, 0) is 90.8 Å². The molecule has 4 rings (SSSR count). The molecule has 4 saturated carbocycles. The summed E-state index contributed by atoms with van der Waals surface area (Å²) < 4.78 is 0. The molecule has 4 aliphatic carbocycles. The Labute approximate surface area is 200 Å².